The summed E-state index contributed by atoms with van der Waals surface area (Å²) in [4.78, 5) is 12.1. The van der Waals surface area contributed by atoms with Crippen LogP contribution in [-0.2, 0) is 0 Å². The molecule has 2 rings (SSSR count). The largest absolute Gasteiger partial charge is 0.494 e. The van der Waals surface area contributed by atoms with E-state index in [2.05, 4.69) is 22.1 Å². The van der Waals surface area contributed by atoms with E-state index < -0.39 is 0 Å². The molecular weight excluding hydrogens is 318 g/mol. The second kappa shape index (κ2) is 8.55. The number of nitrogens with zero attached hydrogens (tertiary/aromatic N) is 2. The average molecular weight is 335 g/mol. The minimum Gasteiger partial charge on any atom is -0.494 e. The molecule has 0 aliphatic carbocycles. The van der Waals surface area contributed by atoms with Crippen molar-refractivity contribution in [1.29, 1.82) is 0 Å². The maximum atomic E-state index is 12.1. The third-order valence-electron chi connectivity index (χ3n) is 2.54. The van der Waals surface area contributed by atoms with Crippen LogP contribution in [0.1, 0.15) is 23.7 Å². The van der Waals surface area contributed by atoms with Crippen LogP contribution in [0, 0.1) is 0 Å². The van der Waals surface area contributed by atoms with Crippen molar-refractivity contribution in [1.82, 2.24) is 10.2 Å². The molecule has 0 fully saturated rings. The number of amides is 1. The van der Waals surface area contributed by atoms with E-state index in [0.717, 1.165) is 22.3 Å². The number of thioether (sulfide) groups is 1. The van der Waals surface area contributed by atoms with Crippen LogP contribution in [0.15, 0.2) is 41.3 Å². The van der Waals surface area contributed by atoms with Crippen molar-refractivity contribution < 1.29 is 9.53 Å². The molecule has 1 aromatic carbocycles. The zero-order chi connectivity index (χ0) is 15.8. The van der Waals surface area contributed by atoms with Crippen molar-refractivity contribution in [2.24, 2.45) is 0 Å². The van der Waals surface area contributed by atoms with Crippen LogP contribution in [0.4, 0.5) is 5.13 Å². The maximum absolute atomic E-state index is 12.1. The fourth-order valence-corrected chi connectivity index (χ4v) is 3.05. The van der Waals surface area contributed by atoms with E-state index in [1.165, 1.54) is 23.1 Å². The van der Waals surface area contributed by atoms with Gasteiger partial charge in [-0.3, -0.25) is 10.1 Å². The predicted molar refractivity (Wildman–Crippen MR) is 91.0 cm³/mol. The lowest BCUT2D eigenvalue weighted by atomic mass is 10.2. The summed E-state index contributed by atoms with van der Waals surface area (Å²) in [6.07, 6.45) is 2.75. The van der Waals surface area contributed by atoms with Gasteiger partial charge in [-0.2, -0.15) is 0 Å². The molecule has 0 atom stereocenters. The Bertz CT molecular complexity index is 626. The highest BCUT2D eigenvalue weighted by atomic mass is 32.2. The second-order valence-electron chi connectivity index (χ2n) is 4.30. The van der Waals surface area contributed by atoms with Crippen molar-refractivity contribution in [3.05, 3.63) is 42.5 Å². The maximum Gasteiger partial charge on any atom is 0.257 e. The van der Waals surface area contributed by atoms with Gasteiger partial charge in [0.05, 0.1) is 6.61 Å². The van der Waals surface area contributed by atoms with Crippen molar-refractivity contribution in [2.75, 3.05) is 17.7 Å². The molecule has 0 bridgehead atoms. The molecule has 22 heavy (non-hydrogen) atoms. The summed E-state index contributed by atoms with van der Waals surface area (Å²) >= 11 is 2.88. The standard InChI is InChI=1S/C15H17N3O2S2/c1-3-9-20-12-7-5-11(6-8-12)13(19)16-14-17-18-15(22-14)21-10-4-2/h4-8H,2-3,9-10H2,1H3,(H,16,17,19). The second-order valence-corrected chi connectivity index (χ2v) is 6.54. The summed E-state index contributed by atoms with van der Waals surface area (Å²) in [5.74, 6) is 1.32. The Kier molecular flexibility index (Phi) is 6.42. The molecule has 0 aliphatic rings. The number of anilines is 1. The zero-order valence-corrected chi connectivity index (χ0v) is 13.9. The number of aromatic nitrogens is 2. The molecule has 0 unspecified atom stereocenters. The van der Waals surface area contributed by atoms with Gasteiger partial charge in [0.15, 0.2) is 4.34 Å². The molecule has 5 nitrogen and oxygen atoms in total. The number of carbonyl (C=O) groups excluding carboxylic acids is 1. The van der Waals surface area contributed by atoms with Gasteiger partial charge in [-0.25, -0.2) is 0 Å². The van der Waals surface area contributed by atoms with E-state index in [1.54, 1.807) is 30.3 Å². The van der Waals surface area contributed by atoms with Gasteiger partial charge < -0.3 is 4.74 Å². The van der Waals surface area contributed by atoms with Gasteiger partial charge in [0.2, 0.25) is 5.13 Å². The monoisotopic (exact) mass is 335 g/mol. The zero-order valence-electron chi connectivity index (χ0n) is 12.2. The molecular formula is C15H17N3O2S2. The lowest BCUT2D eigenvalue weighted by Crippen LogP contribution is -2.11. The van der Waals surface area contributed by atoms with Gasteiger partial charge in [-0.1, -0.05) is 36.1 Å². The number of ether oxygens (including phenoxy) is 1. The van der Waals surface area contributed by atoms with E-state index in [4.69, 9.17) is 4.74 Å². The lowest BCUT2D eigenvalue weighted by molar-refractivity contribution is 0.102. The van der Waals surface area contributed by atoms with Crippen LogP contribution < -0.4 is 10.1 Å². The van der Waals surface area contributed by atoms with Crippen molar-refractivity contribution in [3.63, 3.8) is 0 Å². The minimum absolute atomic E-state index is 0.210. The van der Waals surface area contributed by atoms with E-state index in [-0.39, 0.29) is 5.91 Å². The average Bonchev–Trinajstić information content (AvgIpc) is 2.98. The molecule has 0 spiro atoms. The van der Waals surface area contributed by atoms with Crippen LogP contribution in [0.5, 0.6) is 5.75 Å². The van der Waals surface area contributed by atoms with Crippen molar-refractivity contribution in [3.8, 4) is 5.75 Å². The predicted octanol–water partition coefficient (Wildman–Crippen LogP) is 3.86. The van der Waals surface area contributed by atoms with Gasteiger partial charge >= 0.3 is 0 Å². The Morgan fingerprint density at radius 1 is 1.41 bits per heavy atom. The van der Waals surface area contributed by atoms with Crippen molar-refractivity contribution >= 4 is 34.1 Å². The molecule has 1 aromatic heterocycles. The highest BCUT2D eigenvalue weighted by Gasteiger charge is 2.10. The van der Waals surface area contributed by atoms with Gasteiger partial charge in [-0.15, -0.1) is 16.8 Å². The molecule has 1 amide bonds. The number of hydrogen-bond donors (Lipinski definition) is 1. The molecule has 1 N–H and O–H groups in total. The summed E-state index contributed by atoms with van der Waals surface area (Å²) < 4.78 is 6.29. The Labute approximate surface area is 137 Å². The van der Waals surface area contributed by atoms with E-state index in [1.807, 2.05) is 6.92 Å². The van der Waals surface area contributed by atoms with Crippen LogP contribution in [0.25, 0.3) is 0 Å². The first-order chi connectivity index (χ1) is 10.7. The highest BCUT2D eigenvalue weighted by Crippen LogP contribution is 2.25. The van der Waals surface area contributed by atoms with Crippen LogP contribution in [0.2, 0.25) is 0 Å². The number of nitrogens with one attached hydrogen (secondary N) is 1. The lowest BCUT2D eigenvalue weighted by Gasteiger charge is -2.05. The van der Waals surface area contributed by atoms with Gasteiger partial charge in [-0.05, 0) is 30.7 Å². The molecule has 0 radical (unpaired) electrons. The van der Waals surface area contributed by atoms with Crippen LogP contribution in [-0.4, -0.2) is 28.5 Å². The SMILES string of the molecule is C=CCSc1nnc(NC(=O)c2ccc(OCCC)cc2)s1. The van der Waals surface area contributed by atoms with E-state index in [0.29, 0.717) is 17.3 Å². The van der Waals surface area contributed by atoms with Gasteiger partial charge in [0.1, 0.15) is 5.75 Å². The first-order valence-electron chi connectivity index (χ1n) is 6.84. The smallest absolute Gasteiger partial charge is 0.257 e. The van der Waals surface area contributed by atoms with Gasteiger partial charge in [0, 0.05) is 11.3 Å². The topological polar surface area (TPSA) is 64.1 Å². The summed E-state index contributed by atoms with van der Waals surface area (Å²) in [5, 5.41) is 11.2. The Morgan fingerprint density at radius 3 is 2.86 bits per heavy atom. The summed E-state index contributed by atoms with van der Waals surface area (Å²) in [6.45, 7) is 6.37. The highest BCUT2D eigenvalue weighted by molar-refractivity contribution is 8.01. The molecule has 0 saturated heterocycles. The van der Waals surface area contributed by atoms with Gasteiger partial charge in [0.25, 0.3) is 5.91 Å². The third kappa shape index (κ3) is 4.85. The van der Waals surface area contributed by atoms with E-state index >= 15 is 0 Å². The Hall–Kier alpha value is -1.86. The number of hydrogen-bond acceptors (Lipinski definition) is 6. The molecule has 2 aromatic rings. The van der Waals surface area contributed by atoms with Crippen LogP contribution in [0.3, 0.4) is 0 Å². The fourth-order valence-electron chi connectivity index (χ4n) is 1.54. The number of rotatable bonds is 8. The summed E-state index contributed by atoms with van der Waals surface area (Å²) in [5.41, 5.74) is 0.555. The molecule has 0 saturated carbocycles. The number of carbonyl (C=O) groups is 1. The fraction of sp³-hybridized carbons (Fsp3) is 0.267. The quantitative estimate of drug-likeness (QED) is 0.451. The summed E-state index contributed by atoms with van der Waals surface area (Å²) in [6, 6.07) is 7.04. The Morgan fingerprint density at radius 2 is 2.18 bits per heavy atom. The first-order valence-corrected chi connectivity index (χ1v) is 8.64. The Balaban J connectivity index is 1.93. The summed E-state index contributed by atoms with van der Waals surface area (Å²) in [7, 11) is 0. The molecule has 7 heteroatoms. The molecule has 1 heterocycles. The van der Waals surface area contributed by atoms with Crippen molar-refractivity contribution in [2.45, 2.75) is 17.7 Å². The van der Waals surface area contributed by atoms with Crippen LogP contribution >= 0.6 is 23.1 Å². The number of benzene rings is 1. The van der Waals surface area contributed by atoms with E-state index in [9.17, 15) is 4.79 Å². The normalized spacial score (nSPS) is 10.2. The first kappa shape index (κ1) is 16.5. The molecule has 116 valence electrons. The minimum atomic E-state index is -0.210. The third-order valence-corrected chi connectivity index (χ3v) is 4.51. The molecule has 0 aliphatic heterocycles.